The Morgan fingerprint density at radius 3 is 1.73 bits per heavy atom. The summed E-state index contributed by atoms with van der Waals surface area (Å²) < 4.78 is 18.7. The van der Waals surface area contributed by atoms with Gasteiger partial charge in [0.25, 0.3) is 6.33 Å². The first-order chi connectivity index (χ1) is 38.3. The lowest BCUT2D eigenvalue weighted by Gasteiger charge is -2.20. The van der Waals surface area contributed by atoms with Crippen molar-refractivity contribution in [3.63, 3.8) is 0 Å². The third-order valence-electron chi connectivity index (χ3n) is 15.8. The van der Waals surface area contributed by atoms with Crippen LogP contribution >= 0.6 is 0 Å². The third kappa shape index (κ3) is 6.98. The summed E-state index contributed by atoms with van der Waals surface area (Å²) in [7, 11) is 2.22. The van der Waals surface area contributed by atoms with Gasteiger partial charge in [0.2, 0.25) is 0 Å². The lowest BCUT2D eigenvalue weighted by atomic mass is 9.88. The number of aryl methyl sites for hydroxylation is 1. The number of para-hydroxylation sites is 6. The van der Waals surface area contributed by atoms with E-state index in [1.165, 1.54) is 49.0 Å². The number of aromatic nitrogens is 6. The Labute approximate surface area is 451 Å². The zero-order valence-electron chi connectivity index (χ0n) is 43.7. The molecule has 78 heavy (non-hydrogen) atoms. The number of hydrogen-bond donors (Lipinski definition) is 0. The van der Waals surface area contributed by atoms with Crippen LogP contribution in [0.1, 0.15) is 26.3 Å². The van der Waals surface area contributed by atoms with Gasteiger partial charge in [-0.1, -0.05) is 185 Å². The van der Waals surface area contributed by atoms with Crippen molar-refractivity contribution in [2.75, 3.05) is 0 Å². The molecular weight excluding hydrogens is 953 g/mol. The van der Waals surface area contributed by atoms with E-state index in [-0.39, 0.29) is 5.41 Å². The molecule has 0 bridgehead atoms. The highest BCUT2D eigenvalue weighted by atomic mass is 16.5. The van der Waals surface area contributed by atoms with E-state index in [0.717, 1.165) is 78.1 Å². The number of hydrogen-bond acceptors (Lipinski definition) is 2. The van der Waals surface area contributed by atoms with E-state index in [0.29, 0.717) is 11.5 Å². The van der Waals surface area contributed by atoms with Crippen molar-refractivity contribution in [3.05, 3.63) is 255 Å². The van der Waals surface area contributed by atoms with Crippen molar-refractivity contribution in [3.8, 4) is 56.6 Å². The van der Waals surface area contributed by atoms with Crippen molar-refractivity contribution < 1.29 is 9.30 Å². The average Bonchev–Trinajstić information content (AvgIpc) is 4.40. The third-order valence-corrected chi connectivity index (χ3v) is 15.8. The van der Waals surface area contributed by atoms with Crippen molar-refractivity contribution >= 4 is 76.5 Å². The van der Waals surface area contributed by atoms with E-state index in [4.69, 9.17) is 9.72 Å². The molecule has 7 heteroatoms. The predicted molar refractivity (Wildman–Crippen MR) is 320 cm³/mol. The summed E-state index contributed by atoms with van der Waals surface area (Å²) in [5.41, 5.74) is 17.5. The molecule has 10 aromatic carbocycles. The Balaban J connectivity index is 0.956. The van der Waals surface area contributed by atoms with Crippen LogP contribution in [0.25, 0.3) is 122 Å². The van der Waals surface area contributed by atoms with E-state index in [1.54, 1.807) is 0 Å². The molecule has 0 radical (unpaired) electrons. The van der Waals surface area contributed by atoms with Gasteiger partial charge in [0.1, 0.15) is 17.3 Å². The van der Waals surface area contributed by atoms with Crippen LogP contribution in [0.15, 0.2) is 243 Å². The van der Waals surface area contributed by atoms with Crippen LogP contribution in [0.4, 0.5) is 0 Å². The number of nitrogens with zero attached hydrogens (tertiary/aromatic N) is 6. The van der Waals surface area contributed by atoms with E-state index >= 15 is 0 Å². The maximum Gasteiger partial charge on any atom is 0.269 e. The molecule has 0 atom stereocenters. The first kappa shape index (κ1) is 45.4. The van der Waals surface area contributed by atoms with Crippen LogP contribution < -0.4 is 9.30 Å². The van der Waals surface area contributed by atoms with Gasteiger partial charge >= 0.3 is 0 Å². The average molecular weight is 1010 g/mol. The molecule has 372 valence electrons. The lowest BCUT2D eigenvalue weighted by Crippen LogP contribution is -2.29. The summed E-state index contributed by atoms with van der Waals surface area (Å²) in [6.45, 7) is 6.80. The molecule has 0 spiro atoms. The summed E-state index contributed by atoms with van der Waals surface area (Å²) in [4.78, 5) is 5.25. The molecule has 0 N–H and O–H groups in total. The van der Waals surface area contributed by atoms with Gasteiger partial charge in [0, 0.05) is 62.8 Å². The maximum atomic E-state index is 7.07. The molecule has 5 heterocycles. The van der Waals surface area contributed by atoms with Crippen molar-refractivity contribution in [2.45, 2.75) is 26.2 Å². The molecule has 15 rings (SSSR count). The smallest absolute Gasteiger partial charge is 0.269 e. The SMILES string of the molecule is Cn1c2ccccc2c2c1c1c3ccc(Oc4cccc(-[n+]5[c-]n(-c6c(-c7ccccc7)cccc6-c6ccccc6)c6ccccc65)c4)cc3n(-c3cc(C(C)(C)C)ccn3)c1c1c3ccccc3n(-c3ccccc3)c21. The first-order valence-electron chi connectivity index (χ1n) is 26.7. The number of benzene rings is 10. The molecular formula is C71H52N6O. The summed E-state index contributed by atoms with van der Waals surface area (Å²) >= 11 is 0. The maximum absolute atomic E-state index is 7.07. The zero-order chi connectivity index (χ0) is 52.2. The molecule has 5 aromatic heterocycles. The minimum absolute atomic E-state index is 0.116. The number of pyridine rings is 1. The molecule has 7 nitrogen and oxygen atoms in total. The number of ether oxygens (including phenoxy) is 1. The first-order valence-corrected chi connectivity index (χ1v) is 26.7. The highest BCUT2D eigenvalue weighted by Gasteiger charge is 2.29. The molecule has 0 aliphatic carbocycles. The molecule has 0 unspecified atom stereocenters. The minimum Gasteiger partial charge on any atom is -0.458 e. The second-order valence-electron chi connectivity index (χ2n) is 21.4. The second-order valence-corrected chi connectivity index (χ2v) is 21.4. The van der Waals surface area contributed by atoms with E-state index in [9.17, 15) is 0 Å². The fourth-order valence-corrected chi connectivity index (χ4v) is 12.3. The summed E-state index contributed by atoms with van der Waals surface area (Å²) in [5.74, 6) is 2.27. The van der Waals surface area contributed by atoms with Crippen LogP contribution in [-0.2, 0) is 12.5 Å². The van der Waals surface area contributed by atoms with Gasteiger partial charge in [0.15, 0.2) is 0 Å². The fourth-order valence-electron chi connectivity index (χ4n) is 12.3. The predicted octanol–water partition coefficient (Wildman–Crippen LogP) is 17.4. The van der Waals surface area contributed by atoms with E-state index in [2.05, 4.69) is 288 Å². The molecule has 15 aromatic rings. The Kier molecular flexibility index (Phi) is 10.2. The lowest BCUT2D eigenvalue weighted by molar-refractivity contribution is -0.572. The topological polar surface area (TPSA) is 45.7 Å². The van der Waals surface area contributed by atoms with Gasteiger partial charge in [-0.2, -0.15) is 0 Å². The minimum atomic E-state index is -0.116. The zero-order valence-corrected chi connectivity index (χ0v) is 43.7. The molecule has 0 aliphatic rings. The Bertz CT molecular complexity index is 4800. The summed E-state index contributed by atoms with van der Waals surface area (Å²) in [6, 6.07) is 84.2. The summed E-state index contributed by atoms with van der Waals surface area (Å²) in [5, 5.41) is 7.08. The number of imidazole rings is 1. The molecule has 0 fully saturated rings. The van der Waals surface area contributed by atoms with Crippen LogP contribution in [0.2, 0.25) is 0 Å². The molecule has 0 saturated carbocycles. The standard InChI is InChI=1S/C71H52N6O/c1-71(2,3)48-40-41-72-63(42-48)77-62-44-52(38-39-57(62)65-68-64(55-30-14-16-34-58(55)73(68)4)69-66(70(65)77)56-31-15-17-35-59(56)76(69)49-26-12-7-13-27-49)78-51-29-20-28-50(43-51)74-45-75(61-37-19-18-36-60(61)74)67-53(46-22-8-5-9-23-46)32-21-33-54(67)47-24-10-6-11-25-47/h5-44H,1-4H3. The largest absolute Gasteiger partial charge is 0.458 e. The normalized spacial score (nSPS) is 12.1. The fraction of sp³-hybridized carbons (Fsp3) is 0.0704. The van der Waals surface area contributed by atoms with Crippen molar-refractivity contribution in [1.29, 1.82) is 0 Å². The molecule has 0 aliphatic heterocycles. The molecule has 0 saturated heterocycles. The number of fused-ring (bicyclic) bond motifs is 13. The molecule has 0 amide bonds. The monoisotopic (exact) mass is 1000 g/mol. The van der Waals surface area contributed by atoms with E-state index in [1.807, 2.05) is 12.3 Å². The van der Waals surface area contributed by atoms with Crippen LogP contribution in [0.5, 0.6) is 11.5 Å². The van der Waals surface area contributed by atoms with Gasteiger partial charge in [-0.05, 0) is 100.0 Å². The number of rotatable bonds is 8. The van der Waals surface area contributed by atoms with Gasteiger partial charge in [0.05, 0.1) is 50.0 Å². The Morgan fingerprint density at radius 2 is 1.03 bits per heavy atom. The van der Waals surface area contributed by atoms with Crippen LogP contribution in [0, 0.1) is 6.33 Å². The van der Waals surface area contributed by atoms with Gasteiger partial charge < -0.3 is 13.9 Å². The van der Waals surface area contributed by atoms with Crippen LogP contribution in [0.3, 0.4) is 0 Å². The van der Waals surface area contributed by atoms with Crippen molar-refractivity contribution in [1.82, 2.24) is 23.3 Å². The summed E-state index contributed by atoms with van der Waals surface area (Å²) in [6.07, 6.45) is 5.81. The van der Waals surface area contributed by atoms with Crippen LogP contribution in [-0.4, -0.2) is 23.3 Å². The highest BCUT2D eigenvalue weighted by molar-refractivity contribution is 6.40. The quantitative estimate of drug-likeness (QED) is 0.112. The Hall–Kier alpha value is -9.98. The van der Waals surface area contributed by atoms with Crippen molar-refractivity contribution in [2.24, 2.45) is 7.05 Å². The van der Waals surface area contributed by atoms with E-state index < -0.39 is 0 Å². The Morgan fingerprint density at radius 1 is 0.462 bits per heavy atom. The highest BCUT2D eigenvalue weighted by Crippen LogP contribution is 2.50. The van der Waals surface area contributed by atoms with Gasteiger partial charge in [-0.25, -0.2) is 4.98 Å². The second kappa shape index (κ2) is 17.5. The van der Waals surface area contributed by atoms with Gasteiger partial charge in [-0.15, -0.1) is 0 Å². The van der Waals surface area contributed by atoms with Gasteiger partial charge in [-0.3, -0.25) is 13.7 Å².